The molecule has 0 aliphatic heterocycles. The van der Waals surface area contributed by atoms with Crippen molar-refractivity contribution in [2.45, 2.75) is 58.3 Å². The predicted molar refractivity (Wildman–Crippen MR) is 112 cm³/mol. The number of halogens is 2. The molecule has 1 aliphatic rings. The standard InChI is InChI=1S/C25H30F2O/c1-3-5-6-7-18-8-10-19(11-9-18)20-12-14-21(15-13-20)22-16-17-23(28-4-2)25(27)24(22)26/h5-6,12-19H,3-4,7-11H2,1-2H3/b6-5-. The van der Waals surface area contributed by atoms with Crippen LogP contribution in [0.25, 0.3) is 11.1 Å². The third-order valence-corrected chi connectivity index (χ3v) is 5.76. The van der Waals surface area contributed by atoms with Crippen LogP contribution in [0.2, 0.25) is 0 Å². The lowest BCUT2D eigenvalue weighted by molar-refractivity contribution is 0.314. The number of rotatable bonds is 7. The molecule has 0 N–H and O–H groups in total. The molecule has 0 amide bonds. The zero-order valence-electron chi connectivity index (χ0n) is 16.9. The zero-order chi connectivity index (χ0) is 19.9. The van der Waals surface area contributed by atoms with Gasteiger partial charge in [-0.1, -0.05) is 43.3 Å². The topological polar surface area (TPSA) is 9.23 Å². The van der Waals surface area contributed by atoms with Crippen LogP contribution in [0.1, 0.15) is 63.9 Å². The van der Waals surface area contributed by atoms with Crippen LogP contribution in [0.15, 0.2) is 48.6 Å². The van der Waals surface area contributed by atoms with E-state index < -0.39 is 11.6 Å². The van der Waals surface area contributed by atoms with Gasteiger partial charge in [0.1, 0.15) is 0 Å². The predicted octanol–water partition coefficient (Wildman–Crippen LogP) is 7.66. The molecule has 0 atom stereocenters. The van der Waals surface area contributed by atoms with Crippen LogP contribution < -0.4 is 4.74 Å². The van der Waals surface area contributed by atoms with Gasteiger partial charge >= 0.3 is 0 Å². The SMILES string of the molecule is CC/C=C\CC1CCC(c2ccc(-c3ccc(OCC)c(F)c3F)cc2)CC1. The first-order chi connectivity index (χ1) is 13.6. The molecule has 0 unspecified atom stereocenters. The molecule has 0 bridgehead atoms. The molecule has 0 aromatic heterocycles. The fourth-order valence-corrected chi connectivity index (χ4v) is 4.14. The van der Waals surface area contributed by atoms with Crippen LogP contribution in [0.3, 0.4) is 0 Å². The molecule has 28 heavy (non-hydrogen) atoms. The second-order valence-corrected chi connectivity index (χ2v) is 7.63. The minimum atomic E-state index is -0.918. The fraction of sp³-hybridized carbons (Fsp3) is 0.440. The average molecular weight is 385 g/mol. The third kappa shape index (κ3) is 4.81. The second-order valence-electron chi connectivity index (χ2n) is 7.63. The van der Waals surface area contributed by atoms with Gasteiger partial charge in [-0.15, -0.1) is 0 Å². The first-order valence-electron chi connectivity index (χ1n) is 10.5. The summed E-state index contributed by atoms with van der Waals surface area (Å²) in [4.78, 5) is 0. The lowest BCUT2D eigenvalue weighted by Gasteiger charge is -2.28. The Kier molecular flexibility index (Phi) is 7.24. The van der Waals surface area contributed by atoms with Crippen molar-refractivity contribution in [2.75, 3.05) is 6.61 Å². The van der Waals surface area contributed by atoms with E-state index in [2.05, 4.69) is 31.2 Å². The van der Waals surface area contributed by atoms with Gasteiger partial charge < -0.3 is 4.74 Å². The lowest BCUT2D eigenvalue weighted by atomic mass is 9.77. The van der Waals surface area contributed by atoms with Crippen molar-refractivity contribution in [1.82, 2.24) is 0 Å². The summed E-state index contributed by atoms with van der Waals surface area (Å²) < 4.78 is 33.7. The molecule has 0 saturated heterocycles. The van der Waals surface area contributed by atoms with E-state index in [0.717, 1.165) is 12.3 Å². The van der Waals surface area contributed by atoms with Gasteiger partial charge in [0, 0.05) is 5.56 Å². The van der Waals surface area contributed by atoms with E-state index in [1.165, 1.54) is 43.7 Å². The highest BCUT2D eigenvalue weighted by atomic mass is 19.2. The molecular weight excluding hydrogens is 354 g/mol. The number of hydrogen-bond donors (Lipinski definition) is 0. The largest absolute Gasteiger partial charge is 0.491 e. The maximum absolute atomic E-state index is 14.4. The highest BCUT2D eigenvalue weighted by Crippen LogP contribution is 2.38. The highest BCUT2D eigenvalue weighted by Gasteiger charge is 2.22. The molecule has 1 saturated carbocycles. The van der Waals surface area contributed by atoms with Gasteiger partial charge in [0.25, 0.3) is 0 Å². The number of ether oxygens (including phenoxy) is 1. The number of benzene rings is 2. The summed E-state index contributed by atoms with van der Waals surface area (Å²) in [6.07, 6.45) is 11.8. The van der Waals surface area contributed by atoms with Crippen molar-refractivity contribution in [3.8, 4) is 16.9 Å². The molecule has 1 nitrogen and oxygen atoms in total. The van der Waals surface area contributed by atoms with E-state index in [0.29, 0.717) is 18.1 Å². The monoisotopic (exact) mass is 384 g/mol. The first kappa shape index (κ1) is 20.6. The molecule has 150 valence electrons. The Hall–Kier alpha value is -2.16. The lowest BCUT2D eigenvalue weighted by Crippen LogP contribution is -2.12. The molecular formula is C25H30F2O. The van der Waals surface area contributed by atoms with E-state index in [-0.39, 0.29) is 11.3 Å². The Labute approximate surface area is 167 Å². The summed E-state index contributed by atoms with van der Waals surface area (Å²) in [7, 11) is 0. The number of hydrogen-bond acceptors (Lipinski definition) is 1. The van der Waals surface area contributed by atoms with E-state index in [4.69, 9.17) is 4.74 Å². The Bertz CT molecular complexity index is 787. The third-order valence-electron chi connectivity index (χ3n) is 5.76. The second kappa shape index (κ2) is 9.86. The van der Waals surface area contributed by atoms with Gasteiger partial charge in [0.05, 0.1) is 6.61 Å². The highest BCUT2D eigenvalue weighted by molar-refractivity contribution is 5.65. The van der Waals surface area contributed by atoms with Crippen molar-refractivity contribution in [1.29, 1.82) is 0 Å². The summed E-state index contributed by atoms with van der Waals surface area (Å²) in [5.74, 6) is -0.425. The molecule has 0 spiro atoms. The number of allylic oxidation sites excluding steroid dienone is 2. The van der Waals surface area contributed by atoms with Crippen LogP contribution in [-0.4, -0.2) is 6.61 Å². The molecule has 3 heteroatoms. The van der Waals surface area contributed by atoms with E-state index in [1.54, 1.807) is 13.0 Å². The van der Waals surface area contributed by atoms with Crippen molar-refractivity contribution >= 4 is 0 Å². The summed E-state index contributed by atoms with van der Waals surface area (Å²) in [6.45, 7) is 4.23. The molecule has 0 radical (unpaired) electrons. The van der Waals surface area contributed by atoms with Gasteiger partial charge in [-0.3, -0.25) is 0 Å². The molecule has 2 aromatic rings. The van der Waals surface area contributed by atoms with Crippen LogP contribution in [0.4, 0.5) is 8.78 Å². The van der Waals surface area contributed by atoms with Gasteiger partial charge in [-0.2, -0.15) is 4.39 Å². The Morgan fingerprint density at radius 2 is 1.61 bits per heavy atom. The van der Waals surface area contributed by atoms with Crippen molar-refractivity contribution in [3.05, 3.63) is 65.7 Å². The van der Waals surface area contributed by atoms with Crippen molar-refractivity contribution < 1.29 is 13.5 Å². The van der Waals surface area contributed by atoms with Gasteiger partial charge in [-0.05, 0) is 80.5 Å². The van der Waals surface area contributed by atoms with Crippen molar-refractivity contribution in [2.24, 2.45) is 5.92 Å². The van der Waals surface area contributed by atoms with Gasteiger partial charge in [0.15, 0.2) is 11.6 Å². The molecule has 0 heterocycles. The van der Waals surface area contributed by atoms with Crippen LogP contribution in [0.5, 0.6) is 5.75 Å². The quantitative estimate of drug-likeness (QED) is 0.445. The maximum atomic E-state index is 14.4. The summed E-state index contributed by atoms with van der Waals surface area (Å²) >= 11 is 0. The molecule has 1 aliphatic carbocycles. The van der Waals surface area contributed by atoms with Crippen LogP contribution in [0, 0.1) is 17.6 Å². The minimum absolute atomic E-state index is 0.0362. The fourth-order valence-electron chi connectivity index (χ4n) is 4.14. The summed E-state index contributed by atoms with van der Waals surface area (Å²) in [5, 5.41) is 0. The molecule has 3 rings (SSSR count). The Morgan fingerprint density at radius 3 is 2.25 bits per heavy atom. The minimum Gasteiger partial charge on any atom is -0.491 e. The van der Waals surface area contributed by atoms with E-state index >= 15 is 0 Å². The van der Waals surface area contributed by atoms with Crippen molar-refractivity contribution in [3.63, 3.8) is 0 Å². The maximum Gasteiger partial charge on any atom is 0.201 e. The normalized spacial score (nSPS) is 19.9. The summed E-state index contributed by atoms with van der Waals surface area (Å²) in [6, 6.07) is 11.1. The Balaban J connectivity index is 1.66. The smallest absolute Gasteiger partial charge is 0.201 e. The van der Waals surface area contributed by atoms with Crippen LogP contribution >= 0.6 is 0 Å². The molecule has 2 aromatic carbocycles. The van der Waals surface area contributed by atoms with E-state index in [9.17, 15) is 8.78 Å². The molecule has 1 fully saturated rings. The van der Waals surface area contributed by atoms with E-state index in [1.807, 2.05) is 12.1 Å². The summed E-state index contributed by atoms with van der Waals surface area (Å²) in [5.41, 5.74) is 2.28. The average Bonchev–Trinajstić information content (AvgIpc) is 2.73. The first-order valence-corrected chi connectivity index (χ1v) is 10.5. The Morgan fingerprint density at radius 1 is 0.893 bits per heavy atom. The van der Waals surface area contributed by atoms with Gasteiger partial charge in [0.2, 0.25) is 5.82 Å². The zero-order valence-corrected chi connectivity index (χ0v) is 16.9. The van der Waals surface area contributed by atoms with Crippen LogP contribution in [-0.2, 0) is 0 Å². The van der Waals surface area contributed by atoms with Gasteiger partial charge in [-0.25, -0.2) is 4.39 Å².